The van der Waals surface area contributed by atoms with Crippen molar-refractivity contribution in [3.8, 4) is 11.1 Å². The van der Waals surface area contributed by atoms with Gasteiger partial charge in [0, 0.05) is 11.3 Å². The summed E-state index contributed by atoms with van der Waals surface area (Å²) < 4.78 is 66.3. The molecule has 4 N–H and O–H groups in total. The average Bonchev–Trinajstić information content (AvgIpc) is 3.39. The third-order valence-corrected chi connectivity index (χ3v) is 7.01. The topological polar surface area (TPSA) is 114 Å². The SMILES string of the molecule is Nc1nc(Nc2cc(Cl)c(-c3ccc(S(=O)(=O)CC4CC4)cc3)c(C(F)(F)F)c2)n[nH]1. The normalized spacial score (nSPS) is 14.6. The van der Waals surface area contributed by atoms with Crippen molar-refractivity contribution in [3.63, 3.8) is 0 Å². The zero-order valence-corrected chi connectivity index (χ0v) is 17.4. The number of hydrogen-bond donors (Lipinski definition) is 3. The fourth-order valence-electron chi connectivity index (χ4n) is 3.18. The van der Waals surface area contributed by atoms with Gasteiger partial charge >= 0.3 is 6.18 Å². The van der Waals surface area contributed by atoms with Gasteiger partial charge in [0.25, 0.3) is 0 Å². The van der Waals surface area contributed by atoms with Gasteiger partial charge in [-0.15, -0.1) is 5.10 Å². The molecule has 2 aromatic carbocycles. The Hall–Kier alpha value is -2.79. The summed E-state index contributed by atoms with van der Waals surface area (Å²) >= 11 is 6.22. The number of nitrogens with zero attached hydrogens (tertiary/aromatic N) is 2. The molecule has 164 valence electrons. The first-order chi connectivity index (χ1) is 14.5. The number of halogens is 4. The van der Waals surface area contributed by atoms with E-state index >= 15 is 0 Å². The fourth-order valence-corrected chi connectivity index (χ4v) is 5.20. The van der Waals surface area contributed by atoms with Crippen LogP contribution < -0.4 is 11.1 Å². The lowest BCUT2D eigenvalue weighted by Crippen LogP contribution is -2.10. The maximum absolute atomic E-state index is 13.8. The van der Waals surface area contributed by atoms with Crippen LogP contribution in [-0.2, 0) is 16.0 Å². The molecule has 1 aliphatic rings. The maximum atomic E-state index is 13.8. The van der Waals surface area contributed by atoms with Gasteiger partial charge in [0.1, 0.15) is 0 Å². The average molecular weight is 472 g/mol. The maximum Gasteiger partial charge on any atom is 0.417 e. The third-order valence-electron chi connectivity index (χ3n) is 4.81. The predicted octanol–water partition coefficient (Wildman–Crippen LogP) is 4.65. The Morgan fingerprint density at radius 3 is 2.42 bits per heavy atom. The van der Waals surface area contributed by atoms with Gasteiger partial charge in [-0.2, -0.15) is 18.2 Å². The minimum Gasteiger partial charge on any atom is -0.368 e. The van der Waals surface area contributed by atoms with Crippen molar-refractivity contribution < 1.29 is 21.6 Å². The molecule has 3 aromatic rings. The van der Waals surface area contributed by atoms with Gasteiger partial charge in [-0.3, -0.25) is 0 Å². The zero-order valence-electron chi connectivity index (χ0n) is 15.9. The smallest absolute Gasteiger partial charge is 0.368 e. The quantitative estimate of drug-likeness (QED) is 0.482. The zero-order chi connectivity index (χ0) is 22.4. The van der Waals surface area contributed by atoms with E-state index < -0.39 is 21.6 Å². The number of rotatable bonds is 6. The van der Waals surface area contributed by atoms with Crippen molar-refractivity contribution in [2.75, 3.05) is 16.8 Å². The molecule has 0 unspecified atom stereocenters. The van der Waals surface area contributed by atoms with E-state index in [1.165, 1.54) is 30.3 Å². The Balaban J connectivity index is 1.71. The lowest BCUT2D eigenvalue weighted by Gasteiger charge is -2.17. The molecule has 0 bridgehead atoms. The fraction of sp³-hybridized carbons (Fsp3) is 0.263. The summed E-state index contributed by atoms with van der Waals surface area (Å²) in [4.78, 5) is 3.86. The van der Waals surface area contributed by atoms with E-state index in [1.807, 2.05) is 0 Å². The van der Waals surface area contributed by atoms with Gasteiger partial charge in [0.15, 0.2) is 9.84 Å². The Bertz CT molecular complexity index is 1220. The number of sulfone groups is 1. The number of nitrogens with one attached hydrogen (secondary N) is 2. The van der Waals surface area contributed by atoms with Crippen LogP contribution in [0.4, 0.5) is 30.8 Å². The van der Waals surface area contributed by atoms with E-state index in [-0.39, 0.29) is 50.3 Å². The van der Waals surface area contributed by atoms with E-state index in [2.05, 4.69) is 20.5 Å². The van der Waals surface area contributed by atoms with Crippen LogP contribution in [0.2, 0.25) is 5.02 Å². The first kappa shape index (κ1) is 21.4. The van der Waals surface area contributed by atoms with E-state index in [0.717, 1.165) is 18.9 Å². The summed E-state index contributed by atoms with van der Waals surface area (Å²) in [5.74, 6) is 0.195. The number of aromatic amines is 1. The van der Waals surface area contributed by atoms with Crippen LogP contribution in [0.15, 0.2) is 41.3 Å². The summed E-state index contributed by atoms with van der Waals surface area (Å²) in [5.41, 5.74) is 4.35. The summed E-state index contributed by atoms with van der Waals surface area (Å²) in [6.07, 6.45) is -2.96. The molecule has 1 fully saturated rings. The third kappa shape index (κ3) is 4.77. The van der Waals surface area contributed by atoms with Crippen molar-refractivity contribution in [2.45, 2.75) is 23.9 Å². The number of nitrogens with two attached hydrogens (primary N) is 1. The van der Waals surface area contributed by atoms with E-state index in [9.17, 15) is 21.6 Å². The number of H-pyrrole nitrogens is 1. The molecule has 7 nitrogen and oxygen atoms in total. The number of nitrogen functional groups attached to an aromatic ring is 1. The van der Waals surface area contributed by atoms with Crippen molar-refractivity contribution >= 4 is 39.0 Å². The van der Waals surface area contributed by atoms with Gasteiger partial charge in [0.05, 0.1) is 21.2 Å². The number of benzene rings is 2. The summed E-state index contributed by atoms with van der Waals surface area (Å²) in [6, 6.07) is 7.47. The predicted molar refractivity (Wildman–Crippen MR) is 111 cm³/mol. The Morgan fingerprint density at radius 1 is 1.19 bits per heavy atom. The van der Waals surface area contributed by atoms with Gasteiger partial charge < -0.3 is 11.1 Å². The molecule has 0 radical (unpaired) electrons. The number of aromatic nitrogens is 3. The standard InChI is InChI=1S/C19H17ClF3N5O2S/c20-15-8-12(25-18-26-17(24)27-28-18)7-14(19(21,22)23)16(15)11-3-5-13(6-4-11)31(29,30)9-10-1-2-10/h3-8,10H,1-2,9H2,(H4,24,25,26,27,28). The monoisotopic (exact) mass is 471 g/mol. The van der Waals surface area contributed by atoms with Crippen molar-refractivity contribution in [1.29, 1.82) is 0 Å². The second-order valence-corrected chi connectivity index (χ2v) is 9.74. The molecule has 1 aliphatic carbocycles. The van der Waals surface area contributed by atoms with Crippen LogP contribution in [0.25, 0.3) is 11.1 Å². The van der Waals surface area contributed by atoms with Crippen molar-refractivity contribution in [2.24, 2.45) is 5.92 Å². The lowest BCUT2D eigenvalue weighted by atomic mass is 9.98. The molecule has 1 heterocycles. The second kappa shape index (κ2) is 7.72. The van der Waals surface area contributed by atoms with Crippen LogP contribution in [0, 0.1) is 5.92 Å². The molecule has 1 aromatic heterocycles. The molecule has 0 amide bonds. The van der Waals surface area contributed by atoms with Crippen molar-refractivity contribution in [3.05, 3.63) is 47.0 Å². The molecular formula is C19H17ClF3N5O2S. The van der Waals surface area contributed by atoms with Gasteiger partial charge in [-0.05, 0) is 48.6 Å². The minimum absolute atomic E-state index is 0.00186. The Kier molecular flexibility index (Phi) is 5.34. The molecule has 31 heavy (non-hydrogen) atoms. The molecule has 12 heteroatoms. The highest BCUT2D eigenvalue weighted by Crippen LogP contribution is 2.43. The van der Waals surface area contributed by atoms with Crippen LogP contribution in [0.1, 0.15) is 18.4 Å². The first-order valence-electron chi connectivity index (χ1n) is 9.22. The van der Waals surface area contributed by atoms with E-state index in [4.69, 9.17) is 17.3 Å². The molecule has 0 atom stereocenters. The highest BCUT2D eigenvalue weighted by molar-refractivity contribution is 7.91. The van der Waals surface area contributed by atoms with E-state index in [1.54, 1.807) is 0 Å². The van der Waals surface area contributed by atoms with Crippen molar-refractivity contribution in [1.82, 2.24) is 15.2 Å². The van der Waals surface area contributed by atoms with Crippen LogP contribution in [0.5, 0.6) is 0 Å². The molecular weight excluding hydrogens is 455 g/mol. The highest BCUT2D eigenvalue weighted by atomic mass is 35.5. The van der Waals surface area contributed by atoms with Crippen LogP contribution in [-0.4, -0.2) is 29.4 Å². The van der Waals surface area contributed by atoms with E-state index in [0.29, 0.717) is 0 Å². The Morgan fingerprint density at radius 2 is 1.87 bits per heavy atom. The van der Waals surface area contributed by atoms with Gasteiger partial charge in [-0.25, -0.2) is 13.5 Å². The molecule has 1 saturated carbocycles. The lowest BCUT2D eigenvalue weighted by molar-refractivity contribution is -0.137. The Labute approximate surface area is 180 Å². The van der Waals surface area contributed by atoms with Gasteiger partial charge in [-0.1, -0.05) is 23.7 Å². The van der Waals surface area contributed by atoms with Crippen LogP contribution in [0.3, 0.4) is 0 Å². The van der Waals surface area contributed by atoms with Gasteiger partial charge in [0.2, 0.25) is 11.9 Å². The second-order valence-electron chi connectivity index (χ2n) is 7.30. The summed E-state index contributed by atoms with van der Waals surface area (Å²) in [7, 11) is -3.48. The molecule has 0 saturated heterocycles. The molecule has 0 aliphatic heterocycles. The first-order valence-corrected chi connectivity index (χ1v) is 11.2. The largest absolute Gasteiger partial charge is 0.417 e. The van der Waals surface area contributed by atoms with Crippen LogP contribution >= 0.6 is 11.6 Å². The number of hydrogen-bond acceptors (Lipinski definition) is 6. The highest BCUT2D eigenvalue weighted by Gasteiger charge is 2.36. The number of anilines is 3. The molecule has 0 spiro atoms. The molecule has 4 rings (SSSR count). The minimum atomic E-state index is -4.72. The number of alkyl halides is 3. The summed E-state index contributed by atoms with van der Waals surface area (Å²) in [6.45, 7) is 0. The summed E-state index contributed by atoms with van der Waals surface area (Å²) in [5, 5.41) is 8.53.